The summed E-state index contributed by atoms with van der Waals surface area (Å²) in [4.78, 5) is 4.02. The lowest BCUT2D eigenvalue weighted by Crippen LogP contribution is -1.98. The Morgan fingerprint density at radius 2 is 2.18 bits per heavy atom. The average molecular weight is 314 g/mol. The topological polar surface area (TPSA) is 48.1 Å². The van der Waals surface area contributed by atoms with Crippen molar-refractivity contribution in [1.82, 2.24) is 4.98 Å². The van der Waals surface area contributed by atoms with Crippen molar-refractivity contribution >= 4 is 33.2 Å². The van der Waals surface area contributed by atoms with E-state index < -0.39 is 0 Å². The fraction of sp³-hybridized carbons (Fsp3) is 0.0833. The molecular weight excluding hydrogens is 304 g/mol. The van der Waals surface area contributed by atoms with Gasteiger partial charge in [-0.3, -0.25) is 0 Å². The zero-order valence-electron chi connectivity index (χ0n) is 8.86. The van der Waals surface area contributed by atoms with Crippen molar-refractivity contribution in [2.75, 3.05) is 5.73 Å². The van der Waals surface area contributed by atoms with Crippen LogP contribution in [0, 0.1) is 0 Å². The highest BCUT2D eigenvalue weighted by molar-refractivity contribution is 9.10. The van der Waals surface area contributed by atoms with E-state index in [2.05, 4.69) is 20.9 Å². The van der Waals surface area contributed by atoms with Crippen LogP contribution in [0.2, 0.25) is 5.02 Å². The normalized spacial score (nSPS) is 10.2. The van der Waals surface area contributed by atoms with Crippen molar-refractivity contribution in [2.24, 2.45) is 0 Å². The summed E-state index contributed by atoms with van der Waals surface area (Å²) in [5.41, 5.74) is 7.10. The van der Waals surface area contributed by atoms with Crippen LogP contribution in [0.15, 0.2) is 41.0 Å². The number of benzene rings is 1. The molecule has 88 valence electrons. The highest BCUT2D eigenvalue weighted by Gasteiger charge is 2.04. The number of hydrogen-bond acceptors (Lipinski definition) is 3. The molecule has 0 radical (unpaired) electrons. The Balaban J connectivity index is 2.07. The van der Waals surface area contributed by atoms with Gasteiger partial charge in [0.05, 0.1) is 11.9 Å². The number of rotatable bonds is 3. The van der Waals surface area contributed by atoms with Gasteiger partial charge in [0.2, 0.25) is 5.88 Å². The van der Waals surface area contributed by atoms with Crippen LogP contribution in [0.1, 0.15) is 5.56 Å². The molecule has 0 bridgehead atoms. The van der Waals surface area contributed by atoms with Gasteiger partial charge in [-0.25, -0.2) is 4.98 Å². The number of halogens is 2. The van der Waals surface area contributed by atoms with Crippen molar-refractivity contribution in [3.63, 3.8) is 0 Å². The third-order valence-corrected chi connectivity index (χ3v) is 2.86. The third-order valence-electron chi connectivity index (χ3n) is 2.09. The van der Waals surface area contributed by atoms with Gasteiger partial charge in [-0.05, 0) is 23.8 Å². The lowest BCUT2D eigenvalue weighted by atomic mass is 10.2. The first kappa shape index (κ1) is 12.2. The first-order valence-corrected chi connectivity index (χ1v) is 6.10. The van der Waals surface area contributed by atoms with Gasteiger partial charge in [-0.2, -0.15) is 0 Å². The van der Waals surface area contributed by atoms with Crippen LogP contribution in [-0.2, 0) is 6.61 Å². The summed E-state index contributed by atoms with van der Waals surface area (Å²) in [6.07, 6.45) is 1.52. The van der Waals surface area contributed by atoms with Crippen LogP contribution in [0.3, 0.4) is 0 Å². The summed E-state index contributed by atoms with van der Waals surface area (Å²) in [6, 6.07) is 9.46. The Kier molecular flexibility index (Phi) is 3.86. The van der Waals surface area contributed by atoms with E-state index in [1.807, 2.05) is 24.3 Å². The first-order chi connectivity index (χ1) is 8.15. The summed E-state index contributed by atoms with van der Waals surface area (Å²) in [7, 11) is 0. The molecule has 0 saturated carbocycles. The Morgan fingerprint density at radius 3 is 2.88 bits per heavy atom. The number of nitrogen functional groups attached to an aromatic ring is 1. The van der Waals surface area contributed by atoms with Crippen LogP contribution in [0.5, 0.6) is 5.88 Å². The van der Waals surface area contributed by atoms with Crippen LogP contribution in [0.4, 0.5) is 5.69 Å². The van der Waals surface area contributed by atoms with E-state index in [0.717, 1.165) is 10.0 Å². The van der Waals surface area contributed by atoms with Gasteiger partial charge in [0, 0.05) is 4.47 Å². The van der Waals surface area contributed by atoms with Gasteiger partial charge in [-0.15, -0.1) is 0 Å². The Labute approximate surface area is 113 Å². The molecule has 2 rings (SSSR count). The minimum absolute atomic E-state index is 0.390. The van der Waals surface area contributed by atoms with Crippen molar-refractivity contribution in [1.29, 1.82) is 0 Å². The molecule has 0 aliphatic heterocycles. The van der Waals surface area contributed by atoms with E-state index in [4.69, 9.17) is 22.1 Å². The maximum Gasteiger partial charge on any atom is 0.233 e. The minimum atomic E-state index is 0.390. The molecule has 1 heterocycles. The molecule has 2 N–H and O–H groups in total. The fourth-order valence-electron chi connectivity index (χ4n) is 1.32. The molecule has 17 heavy (non-hydrogen) atoms. The smallest absolute Gasteiger partial charge is 0.233 e. The molecule has 5 heteroatoms. The van der Waals surface area contributed by atoms with E-state index in [1.165, 1.54) is 6.20 Å². The van der Waals surface area contributed by atoms with Crippen LogP contribution in [0.25, 0.3) is 0 Å². The highest BCUT2D eigenvalue weighted by atomic mass is 79.9. The molecule has 2 aromatic rings. The predicted molar refractivity (Wildman–Crippen MR) is 72.1 cm³/mol. The van der Waals surface area contributed by atoms with E-state index >= 15 is 0 Å². The molecular formula is C12H10BrClN2O. The fourth-order valence-corrected chi connectivity index (χ4v) is 2.00. The quantitative estimate of drug-likeness (QED) is 0.940. The van der Waals surface area contributed by atoms with Gasteiger partial charge in [0.1, 0.15) is 11.6 Å². The Bertz CT molecular complexity index is 534. The average Bonchev–Trinajstić information content (AvgIpc) is 2.28. The molecule has 0 saturated heterocycles. The number of nitrogens with two attached hydrogens (primary N) is 1. The summed E-state index contributed by atoms with van der Waals surface area (Å²) in [5, 5.41) is 0.417. The number of aromatic nitrogens is 1. The van der Waals surface area contributed by atoms with Crippen LogP contribution >= 0.6 is 27.5 Å². The van der Waals surface area contributed by atoms with Crippen molar-refractivity contribution in [3.05, 3.63) is 51.6 Å². The van der Waals surface area contributed by atoms with Gasteiger partial charge in [0.25, 0.3) is 0 Å². The molecule has 0 unspecified atom stereocenters. The number of nitrogens with zero attached hydrogens (tertiary/aromatic N) is 1. The van der Waals surface area contributed by atoms with E-state index in [0.29, 0.717) is 23.2 Å². The molecule has 0 aliphatic carbocycles. The lowest BCUT2D eigenvalue weighted by Gasteiger charge is -2.07. The van der Waals surface area contributed by atoms with E-state index in [9.17, 15) is 0 Å². The Morgan fingerprint density at radius 1 is 1.35 bits per heavy atom. The van der Waals surface area contributed by atoms with Gasteiger partial charge >= 0.3 is 0 Å². The molecule has 3 nitrogen and oxygen atoms in total. The van der Waals surface area contributed by atoms with E-state index in [-0.39, 0.29) is 0 Å². The summed E-state index contributed by atoms with van der Waals surface area (Å²) in [6.45, 7) is 0.413. The summed E-state index contributed by atoms with van der Waals surface area (Å²) >= 11 is 9.35. The van der Waals surface area contributed by atoms with Gasteiger partial charge in [-0.1, -0.05) is 39.7 Å². The van der Waals surface area contributed by atoms with Gasteiger partial charge < -0.3 is 10.5 Å². The first-order valence-electron chi connectivity index (χ1n) is 4.93. The zero-order chi connectivity index (χ0) is 12.3. The molecule has 0 aliphatic rings. The number of hydrogen-bond donors (Lipinski definition) is 1. The van der Waals surface area contributed by atoms with Crippen LogP contribution in [-0.4, -0.2) is 4.98 Å². The molecule has 0 fully saturated rings. The highest BCUT2D eigenvalue weighted by Crippen LogP contribution is 2.24. The maximum atomic E-state index is 5.95. The molecule has 1 aromatic carbocycles. The molecule has 0 atom stereocenters. The second-order valence-electron chi connectivity index (χ2n) is 3.47. The minimum Gasteiger partial charge on any atom is -0.472 e. The Hall–Kier alpha value is -1.26. The molecule has 0 amide bonds. The number of anilines is 1. The maximum absolute atomic E-state index is 5.95. The zero-order valence-corrected chi connectivity index (χ0v) is 11.2. The standard InChI is InChI=1S/C12H10BrClN2O/c13-9-3-1-2-8(4-9)7-17-12-11(14)5-10(15)6-16-12/h1-6H,7,15H2. The third kappa shape index (κ3) is 3.35. The largest absolute Gasteiger partial charge is 0.472 e. The van der Waals surface area contributed by atoms with Crippen LogP contribution < -0.4 is 10.5 Å². The van der Waals surface area contributed by atoms with E-state index in [1.54, 1.807) is 6.07 Å². The number of ether oxygens (including phenoxy) is 1. The monoisotopic (exact) mass is 312 g/mol. The van der Waals surface area contributed by atoms with Crippen molar-refractivity contribution in [2.45, 2.75) is 6.61 Å². The lowest BCUT2D eigenvalue weighted by molar-refractivity contribution is 0.294. The number of pyridine rings is 1. The van der Waals surface area contributed by atoms with Crippen molar-refractivity contribution in [3.8, 4) is 5.88 Å². The summed E-state index contributed by atoms with van der Waals surface area (Å²) < 4.78 is 6.52. The summed E-state index contributed by atoms with van der Waals surface area (Å²) in [5.74, 6) is 0.390. The van der Waals surface area contributed by atoms with Crippen molar-refractivity contribution < 1.29 is 4.74 Å². The second-order valence-corrected chi connectivity index (χ2v) is 4.80. The SMILES string of the molecule is Nc1cnc(OCc2cccc(Br)c2)c(Cl)c1. The second kappa shape index (κ2) is 5.38. The van der Waals surface area contributed by atoms with Gasteiger partial charge in [0.15, 0.2) is 0 Å². The molecule has 0 spiro atoms. The molecule has 1 aromatic heterocycles. The predicted octanol–water partition coefficient (Wildman–Crippen LogP) is 3.66.